The lowest BCUT2D eigenvalue weighted by atomic mass is 9.96. The van der Waals surface area contributed by atoms with E-state index in [-0.39, 0.29) is 30.5 Å². The zero-order valence-electron chi connectivity index (χ0n) is 17.4. The normalized spacial score (nSPS) is 22.6. The Kier molecular flexibility index (Phi) is 5.17. The van der Waals surface area contributed by atoms with Crippen molar-refractivity contribution in [1.29, 1.82) is 0 Å². The number of nitrogens with zero attached hydrogens (tertiary/aromatic N) is 4. The molecule has 3 aromatic heterocycles. The molecule has 0 aromatic carbocycles. The van der Waals surface area contributed by atoms with Gasteiger partial charge in [-0.25, -0.2) is 4.98 Å². The van der Waals surface area contributed by atoms with Gasteiger partial charge in [0, 0.05) is 47.5 Å². The number of hydrogen-bond donors (Lipinski definition) is 3. The van der Waals surface area contributed by atoms with Gasteiger partial charge in [0.15, 0.2) is 5.82 Å². The topological polar surface area (TPSA) is 98.8 Å². The van der Waals surface area contributed by atoms with Crippen LogP contribution in [0.15, 0.2) is 30.5 Å². The van der Waals surface area contributed by atoms with Crippen LogP contribution in [0.4, 0.5) is 21.8 Å². The summed E-state index contributed by atoms with van der Waals surface area (Å²) in [5.41, 5.74) is 1.80. The molecule has 0 radical (unpaired) electrons. The number of carbonyl (C=O) groups is 1. The van der Waals surface area contributed by atoms with Gasteiger partial charge in [-0.1, -0.05) is 0 Å². The van der Waals surface area contributed by atoms with Gasteiger partial charge >= 0.3 is 0 Å². The van der Waals surface area contributed by atoms with E-state index in [1.54, 1.807) is 6.20 Å². The first-order chi connectivity index (χ1) is 15.1. The molecular weight excluding hydrogens is 397 g/mol. The maximum absolute atomic E-state index is 12.7. The zero-order chi connectivity index (χ0) is 21.4. The van der Waals surface area contributed by atoms with Crippen LogP contribution >= 0.6 is 0 Å². The minimum absolute atomic E-state index is 0.0106. The highest BCUT2D eigenvalue weighted by Gasteiger charge is 2.43. The molecule has 0 aliphatic carbocycles. The summed E-state index contributed by atoms with van der Waals surface area (Å²) in [6, 6.07) is 8.29. The number of alkyl halides is 1. The smallest absolute Gasteiger partial charge is 0.225 e. The Balaban J connectivity index is 1.38. The first-order valence-electron chi connectivity index (χ1n) is 10.8. The molecule has 5 heterocycles. The summed E-state index contributed by atoms with van der Waals surface area (Å²) in [7, 11) is 0. The van der Waals surface area contributed by atoms with Crippen LogP contribution in [0.3, 0.4) is 0 Å². The Hall–Kier alpha value is -3.23. The van der Waals surface area contributed by atoms with Crippen molar-refractivity contribution in [3.05, 3.63) is 36.2 Å². The minimum atomic E-state index is -0.589. The molecule has 2 saturated heterocycles. The molecule has 8 nitrogen and oxygen atoms in total. The second-order valence-electron chi connectivity index (χ2n) is 8.43. The van der Waals surface area contributed by atoms with Gasteiger partial charge in [-0.2, -0.15) is 5.10 Å². The Morgan fingerprint density at radius 1 is 1.26 bits per heavy atom. The lowest BCUT2D eigenvalue weighted by molar-refractivity contribution is -0.135. The fraction of sp³-hybridized carbons (Fsp3) is 0.455. The zero-order valence-corrected chi connectivity index (χ0v) is 17.4. The summed E-state index contributed by atoms with van der Waals surface area (Å²) in [6.45, 7) is 1.36. The Labute approximate surface area is 179 Å². The largest absolute Gasteiger partial charge is 0.367 e. The Morgan fingerprint density at radius 2 is 2.06 bits per heavy atom. The number of H-pyrrole nitrogens is 1. The van der Waals surface area contributed by atoms with Crippen LogP contribution in [0.2, 0.25) is 0 Å². The average molecular weight is 423 g/mol. The summed E-state index contributed by atoms with van der Waals surface area (Å²) in [4.78, 5) is 23.6. The number of aromatic amines is 1. The van der Waals surface area contributed by atoms with Gasteiger partial charge in [0.2, 0.25) is 5.91 Å². The molecule has 1 amide bonds. The number of amides is 1. The summed E-state index contributed by atoms with van der Waals surface area (Å²) in [5.74, 6) is 2.08. The standard InChI is InChI=1S/C22H26FN7O/c1-13-9-20(29-28-13)26-19-12-18-17(3-2-8-24-18)22(27-19)25-14-10-15-4-5-16(11-14)30(15)21(31)6-7-23/h2-3,8-9,12,14-16H,4-7,10-11H2,1H3,(H3,25,26,27,28,29)/t14?,15-,16+. The molecule has 3 atom stereocenters. The third kappa shape index (κ3) is 3.92. The monoisotopic (exact) mass is 423 g/mol. The van der Waals surface area contributed by atoms with E-state index in [1.165, 1.54) is 0 Å². The number of pyridine rings is 2. The molecule has 5 rings (SSSR count). The second kappa shape index (κ2) is 8.13. The molecule has 31 heavy (non-hydrogen) atoms. The molecular formula is C22H26FN7O. The van der Waals surface area contributed by atoms with Crippen LogP contribution < -0.4 is 10.6 Å². The van der Waals surface area contributed by atoms with Gasteiger partial charge in [-0.05, 0) is 44.7 Å². The van der Waals surface area contributed by atoms with Crippen molar-refractivity contribution in [3.8, 4) is 0 Å². The summed E-state index contributed by atoms with van der Waals surface area (Å²) < 4.78 is 12.7. The van der Waals surface area contributed by atoms with E-state index < -0.39 is 6.67 Å². The maximum atomic E-state index is 12.7. The third-order valence-corrected chi connectivity index (χ3v) is 6.23. The number of rotatable bonds is 6. The van der Waals surface area contributed by atoms with Gasteiger partial charge in [0.25, 0.3) is 0 Å². The lowest BCUT2D eigenvalue weighted by Gasteiger charge is -2.39. The molecule has 1 unspecified atom stereocenters. The quantitative estimate of drug-likeness (QED) is 0.559. The highest BCUT2D eigenvalue weighted by Crippen LogP contribution is 2.38. The van der Waals surface area contributed by atoms with Crippen LogP contribution in [0, 0.1) is 6.92 Å². The lowest BCUT2D eigenvalue weighted by Crippen LogP contribution is -2.49. The van der Waals surface area contributed by atoms with E-state index in [4.69, 9.17) is 4.98 Å². The van der Waals surface area contributed by atoms with Gasteiger partial charge in [0.05, 0.1) is 18.6 Å². The van der Waals surface area contributed by atoms with Crippen molar-refractivity contribution in [2.24, 2.45) is 0 Å². The predicted molar refractivity (Wildman–Crippen MR) is 117 cm³/mol. The van der Waals surface area contributed by atoms with Crippen LogP contribution in [-0.2, 0) is 4.79 Å². The number of fused-ring (bicyclic) bond motifs is 3. The van der Waals surface area contributed by atoms with Crippen LogP contribution in [0.1, 0.15) is 37.8 Å². The maximum Gasteiger partial charge on any atom is 0.225 e. The number of hydrogen-bond acceptors (Lipinski definition) is 6. The Bertz CT molecular complexity index is 1090. The van der Waals surface area contributed by atoms with Crippen molar-refractivity contribution in [2.75, 3.05) is 17.3 Å². The summed E-state index contributed by atoms with van der Waals surface area (Å²) in [5, 5.41) is 14.9. The van der Waals surface area contributed by atoms with E-state index in [0.717, 1.165) is 48.1 Å². The van der Waals surface area contributed by atoms with Gasteiger partial charge in [-0.15, -0.1) is 0 Å². The molecule has 2 fully saturated rings. The molecule has 9 heteroatoms. The summed E-state index contributed by atoms with van der Waals surface area (Å²) in [6.07, 6.45) is 5.41. The molecule has 3 N–H and O–H groups in total. The molecule has 2 aliphatic heterocycles. The van der Waals surface area contributed by atoms with Crippen LogP contribution in [0.25, 0.3) is 10.9 Å². The molecule has 3 aromatic rings. The Morgan fingerprint density at radius 3 is 2.77 bits per heavy atom. The number of halogens is 1. The van der Waals surface area contributed by atoms with E-state index in [1.807, 2.05) is 36.1 Å². The van der Waals surface area contributed by atoms with Gasteiger partial charge < -0.3 is 15.5 Å². The second-order valence-corrected chi connectivity index (χ2v) is 8.43. The molecule has 0 saturated carbocycles. The number of anilines is 3. The molecule has 162 valence electrons. The first kappa shape index (κ1) is 19.7. The van der Waals surface area contributed by atoms with Gasteiger partial charge in [-0.3, -0.25) is 19.3 Å². The fourth-order valence-electron chi connectivity index (χ4n) is 4.97. The molecule has 2 bridgehead atoms. The first-order valence-corrected chi connectivity index (χ1v) is 10.8. The van der Waals surface area contributed by atoms with Gasteiger partial charge in [0.1, 0.15) is 11.6 Å². The van der Waals surface area contributed by atoms with E-state index in [2.05, 4.69) is 25.8 Å². The number of carbonyl (C=O) groups excluding carboxylic acids is 1. The number of aromatic nitrogens is 4. The summed E-state index contributed by atoms with van der Waals surface area (Å²) >= 11 is 0. The van der Waals surface area contributed by atoms with Crippen molar-refractivity contribution in [2.45, 2.75) is 57.2 Å². The van der Waals surface area contributed by atoms with E-state index in [9.17, 15) is 9.18 Å². The SMILES string of the molecule is Cc1cc(Nc2cc3ncccc3c(NC3C[C@H]4CC[C@@H](C3)N4C(=O)CCF)n2)n[nH]1. The average Bonchev–Trinajstić information content (AvgIpc) is 3.28. The van der Waals surface area contributed by atoms with Crippen molar-refractivity contribution >= 4 is 34.3 Å². The predicted octanol–water partition coefficient (Wildman–Crippen LogP) is 3.70. The van der Waals surface area contributed by atoms with Crippen LogP contribution in [0.5, 0.6) is 0 Å². The third-order valence-electron chi connectivity index (χ3n) is 6.23. The van der Waals surface area contributed by atoms with Crippen molar-refractivity contribution < 1.29 is 9.18 Å². The molecule has 2 aliphatic rings. The number of aryl methyl sites for hydroxylation is 1. The fourth-order valence-corrected chi connectivity index (χ4v) is 4.97. The highest BCUT2D eigenvalue weighted by atomic mass is 19.1. The van der Waals surface area contributed by atoms with Crippen molar-refractivity contribution in [1.82, 2.24) is 25.1 Å². The minimum Gasteiger partial charge on any atom is -0.367 e. The number of nitrogens with one attached hydrogen (secondary N) is 3. The van der Waals surface area contributed by atoms with E-state index >= 15 is 0 Å². The molecule has 0 spiro atoms. The van der Waals surface area contributed by atoms with Crippen LogP contribution in [-0.4, -0.2) is 55.8 Å². The number of piperidine rings is 1. The highest BCUT2D eigenvalue weighted by molar-refractivity contribution is 5.91. The van der Waals surface area contributed by atoms with E-state index in [0.29, 0.717) is 11.6 Å². The van der Waals surface area contributed by atoms with Crippen molar-refractivity contribution in [3.63, 3.8) is 0 Å².